The van der Waals surface area contributed by atoms with Gasteiger partial charge in [-0.2, -0.15) is 0 Å². The van der Waals surface area contributed by atoms with Gasteiger partial charge < -0.3 is 29.3 Å². The lowest BCUT2D eigenvalue weighted by Gasteiger charge is -2.26. The second-order valence-electron chi connectivity index (χ2n) is 10.6. The third kappa shape index (κ3) is 8.22. The van der Waals surface area contributed by atoms with Crippen molar-refractivity contribution in [1.29, 1.82) is 0 Å². The minimum absolute atomic E-state index is 0.377. The average Bonchev–Trinajstić information content (AvgIpc) is 3.27. The molecule has 2 rings (SSSR count). The van der Waals surface area contributed by atoms with Crippen molar-refractivity contribution >= 4 is 24.2 Å². The van der Waals surface area contributed by atoms with Crippen LogP contribution in [0.25, 0.3) is 0 Å². The molecule has 8 nitrogen and oxygen atoms in total. The highest BCUT2D eigenvalue weighted by molar-refractivity contribution is 6.33. The molecule has 1 aliphatic heterocycles. The normalized spacial score (nSPS) is 18.3. The number of carbonyl (C=O) groups is 2. The van der Waals surface area contributed by atoms with Crippen LogP contribution in [0.15, 0.2) is 23.1 Å². The molecule has 218 valence electrons. The summed E-state index contributed by atoms with van der Waals surface area (Å²) in [7, 11) is 9.47. The summed E-state index contributed by atoms with van der Waals surface area (Å²) in [6, 6.07) is 0.505. The number of hydrogen-bond acceptors (Lipinski definition) is 8. The standard InChI is InChI=1S/C30H46ClN3O5/c1-10-23(33(6)7)12-11-14-30(4)38-28-21(3)25(19-36)24(27(31)29(28)39-30)13-15-34(8)17-22(18-35)26(37-9)16-20(2)32-5/h16,18-19,23,32H,10-15,17H2,1-9H3/b20-16-,26-22+. The second kappa shape index (κ2) is 14.7. The molecular weight excluding hydrogens is 518 g/mol. The average molecular weight is 564 g/mol. The molecule has 0 saturated heterocycles. The number of aldehydes is 2. The van der Waals surface area contributed by atoms with Crippen LogP contribution in [-0.2, 0) is 16.0 Å². The number of rotatable bonds is 16. The number of likely N-dealkylation sites (N-methyl/N-ethyl adjacent to an activating group) is 1. The van der Waals surface area contributed by atoms with E-state index in [-0.39, 0.29) is 0 Å². The molecule has 9 heteroatoms. The lowest BCUT2D eigenvalue weighted by molar-refractivity contribution is -0.105. The van der Waals surface area contributed by atoms with Gasteiger partial charge in [-0.15, -0.1) is 0 Å². The molecule has 0 fully saturated rings. The second-order valence-corrected chi connectivity index (χ2v) is 11.0. The van der Waals surface area contributed by atoms with E-state index >= 15 is 0 Å². The van der Waals surface area contributed by atoms with Gasteiger partial charge in [-0.1, -0.05) is 18.5 Å². The SMILES string of the molecule is CCC(CCCC1(C)Oc2c(C)c(C=O)c(CCN(C)C/C(C=O)=C(/C=C(/C)NC)OC)c(Cl)c2O1)N(C)C. The highest BCUT2D eigenvalue weighted by atomic mass is 35.5. The van der Waals surface area contributed by atoms with Gasteiger partial charge in [0.15, 0.2) is 24.1 Å². The molecule has 0 saturated carbocycles. The first-order chi connectivity index (χ1) is 18.4. The maximum Gasteiger partial charge on any atom is 0.249 e. The molecule has 1 aliphatic rings. The number of carbonyl (C=O) groups excluding carboxylic acids is 2. The minimum Gasteiger partial charge on any atom is -0.496 e. The molecule has 39 heavy (non-hydrogen) atoms. The number of fused-ring (bicyclic) bond motifs is 1. The van der Waals surface area contributed by atoms with Crippen molar-refractivity contribution in [3.05, 3.63) is 44.8 Å². The Morgan fingerprint density at radius 2 is 1.87 bits per heavy atom. The van der Waals surface area contributed by atoms with Crippen molar-refractivity contribution in [1.82, 2.24) is 15.1 Å². The van der Waals surface area contributed by atoms with E-state index in [0.29, 0.717) is 65.4 Å². The smallest absolute Gasteiger partial charge is 0.249 e. The molecule has 0 aliphatic carbocycles. The van der Waals surface area contributed by atoms with E-state index in [9.17, 15) is 9.59 Å². The van der Waals surface area contributed by atoms with Crippen molar-refractivity contribution in [3.63, 3.8) is 0 Å². The fourth-order valence-electron chi connectivity index (χ4n) is 4.93. The Kier molecular flexibility index (Phi) is 12.3. The molecular formula is C30H46ClN3O5. The van der Waals surface area contributed by atoms with Crippen molar-refractivity contribution in [3.8, 4) is 11.5 Å². The van der Waals surface area contributed by atoms with E-state index in [1.807, 2.05) is 39.8 Å². The Balaban J connectivity index is 2.21. The van der Waals surface area contributed by atoms with Gasteiger partial charge in [-0.25, -0.2) is 0 Å². The summed E-state index contributed by atoms with van der Waals surface area (Å²) < 4.78 is 18.1. The molecule has 1 heterocycles. The lowest BCUT2D eigenvalue weighted by atomic mass is 9.98. The van der Waals surface area contributed by atoms with Crippen molar-refractivity contribution in [2.45, 2.75) is 71.6 Å². The Bertz CT molecular complexity index is 1090. The zero-order valence-electron chi connectivity index (χ0n) is 25.1. The van der Waals surface area contributed by atoms with E-state index in [4.69, 9.17) is 25.8 Å². The summed E-state index contributed by atoms with van der Waals surface area (Å²) >= 11 is 6.86. The first kappa shape index (κ1) is 32.7. The van der Waals surface area contributed by atoms with Gasteiger partial charge in [0.05, 0.1) is 12.1 Å². The van der Waals surface area contributed by atoms with E-state index in [1.165, 1.54) is 0 Å². The summed E-state index contributed by atoms with van der Waals surface area (Å²) in [5.41, 5.74) is 3.37. The van der Waals surface area contributed by atoms with Crippen LogP contribution in [0.4, 0.5) is 0 Å². The predicted molar refractivity (Wildman–Crippen MR) is 157 cm³/mol. The minimum atomic E-state index is -0.837. The number of methoxy groups -OCH3 is 1. The van der Waals surface area contributed by atoms with Crippen LogP contribution in [0.2, 0.25) is 5.02 Å². The van der Waals surface area contributed by atoms with Crippen molar-refractivity contribution in [2.24, 2.45) is 0 Å². The third-order valence-electron chi connectivity index (χ3n) is 7.47. The maximum atomic E-state index is 12.2. The van der Waals surface area contributed by atoms with Gasteiger partial charge in [0.2, 0.25) is 5.79 Å². The van der Waals surface area contributed by atoms with Gasteiger partial charge in [0.1, 0.15) is 5.76 Å². The maximum absolute atomic E-state index is 12.2. The Morgan fingerprint density at radius 1 is 1.21 bits per heavy atom. The summed E-state index contributed by atoms with van der Waals surface area (Å²) in [6.45, 7) is 8.83. The number of ether oxygens (including phenoxy) is 3. The molecule has 1 N–H and O–H groups in total. The van der Waals surface area contributed by atoms with Crippen molar-refractivity contribution in [2.75, 3.05) is 48.4 Å². The molecule has 0 spiro atoms. The van der Waals surface area contributed by atoms with Crippen LogP contribution < -0.4 is 14.8 Å². The molecule has 2 unspecified atom stereocenters. The first-order valence-electron chi connectivity index (χ1n) is 13.6. The number of nitrogens with one attached hydrogen (secondary N) is 1. The molecule has 1 aromatic rings. The summed E-state index contributed by atoms with van der Waals surface area (Å²) in [5.74, 6) is 0.714. The lowest BCUT2D eigenvalue weighted by Crippen LogP contribution is -2.35. The van der Waals surface area contributed by atoms with E-state index < -0.39 is 5.79 Å². The van der Waals surface area contributed by atoms with Gasteiger partial charge in [-0.05, 0) is 72.3 Å². The number of nitrogens with zero attached hydrogens (tertiary/aromatic N) is 2. The largest absolute Gasteiger partial charge is 0.496 e. The summed E-state index contributed by atoms with van der Waals surface area (Å²) in [4.78, 5) is 28.2. The Morgan fingerprint density at radius 3 is 2.41 bits per heavy atom. The molecule has 0 aromatic heterocycles. The quantitative estimate of drug-likeness (QED) is 0.128. The number of halogens is 1. The monoisotopic (exact) mass is 563 g/mol. The number of hydrogen-bond donors (Lipinski definition) is 1. The molecule has 0 radical (unpaired) electrons. The number of allylic oxidation sites excluding steroid dienone is 2. The first-order valence-corrected chi connectivity index (χ1v) is 13.9. The summed E-state index contributed by atoms with van der Waals surface area (Å²) in [5, 5.41) is 3.44. The van der Waals surface area contributed by atoms with Crippen LogP contribution in [0.3, 0.4) is 0 Å². The van der Waals surface area contributed by atoms with Crippen molar-refractivity contribution < 1.29 is 23.8 Å². The highest BCUT2D eigenvalue weighted by Crippen LogP contribution is 2.50. The molecule has 0 amide bonds. The van der Waals surface area contributed by atoms with Gasteiger partial charge in [0, 0.05) is 61.9 Å². The topological polar surface area (TPSA) is 80.3 Å². The fourth-order valence-corrected chi connectivity index (χ4v) is 5.25. The van der Waals surface area contributed by atoms with Gasteiger partial charge in [-0.3, -0.25) is 9.59 Å². The zero-order valence-corrected chi connectivity index (χ0v) is 25.8. The van der Waals surface area contributed by atoms with E-state index in [1.54, 1.807) is 13.2 Å². The molecule has 1 aromatic carbocycles. The van der Waals surface area contributed by atoms with Crippen LogP contribution in [0.1, 0.15) is 67.9 Å². The summed E-state index contributed by atoms with van der Waals surface area (Å²) in [6.07, 6.45) is 7.71. The highest BCUT2D eigenvalue weighted by Gasteiger charge is 2.40. The van der Waals surface area contributed by atoms with Crippen LogP contribution >= 0.6 is 11.6 Å². The Hall–Kier alpha value is -2.55. The fraction of sp³-hybridized carbons (Fsp3) is 0.600. The third-order valence-corrected chi connectivity index (χ3v) is 7.87. The molecule has 0 bridgehead atoms. The van der Waals surface area contributed by atoms with Gasteiger partial charge >= 0.3 is 0 Å². The molecule has 2 atom stereocenters. The van der Waals surface area contributed by atoms with Crippen LogP contribution in [-0.4, -0.2) is 82.6 Å². The predicted octanol–water partition coefficient (Wildman–Crippen LogP) is 5.16. The van der Waals surface area contributed by atoms with Crippen LogP contribution in [0.5, 0.6) is 11.5 Å². The zero-order chi connectivity index (χ0) is 29.3. The van der Waals surface area contributed by atoms with Gasteiger partial charge in [0.25, 0.3) is 0 Å². The number of benzene rings is 1. The van der Waals surface area contributed by atoms with Crippen LogP contribution in [0, 0.1) is 6.92 Å². The van der Waals surface area contributed by atoms with E-state index in [0.717, 1.165) is 48.7 Å². The Labute approximate surface area is 239 Å². The van der Waals surface area contributed by atoms with E-state index in [2.05, 4.69) is 31.2 Å².